The molecule has 1 aromatic carbocycles. The van der Waals surface area contributed by atoms with Crippen LogP contribution in [-0.2, 0) is 5.54 Å². The van der Waals surface area contributed by atoms with E-state index in [4.69, 9.17) is 10.3 Å². The van der Waals surface area contributed by atoms with Crippen molar-refractivity contribution in [3.63, 3.8) is 0 Å². The lowest BCUT2D eigenvalue weighted by atomic mass is 9.98. The predicted molar refractivity (Wildman–Crippen MR) is 102 cm³/mol. The van der Waals surface area contributed by atoms with E-state index in [1.165, 1.54) is 0 Å². The van der Waals surface area contributed by atoms with Crippen molar-refractivity contribution in [3.8, 4) is 0 Å². The van der Waals surface area contributed by atoms with Gasteiger partial charge in [0.15, 0.2) is 5.82 Å². The van der Waals surface area contributed by atoms with Crippen LogP contribution >= 0.6 is 12.4 Å². The van der Waals surface area contributed by atoms with Crippen LogP contribution in [0.1, 0.15) is 73.2 Å². The minimum Gasteiger partial charge on any atom is -0.340 e. The van der Waals surface area contributed by atoms with Crippen LogP contribution in [0.25, 0.3) is 0 Å². The molecule has 3 N–H and O–H groups in total. The Morgan fingerprint density at radius 2 is 1.92 bits per heavy atom. The summed E-state index contributed by atoms with van der Waals surface area (Å²) in [6.45, 7) is 5.95. The molecule has 142 valence electrons. The van der Waals surface area contributed by atoms with E-state index >= 15 is 0 Å². The number of benzene rings is 1. The summed E-state index contributed by atoms with van der Waals surface area (Å²) in [4.78, 5) is 17.2. The van der Waals surface area contributed by atoms with E-state index in [0.29, 0.717) is 17.3 Å². The average Bonchev–Trinajstić information content (AvgIpc) is 3.22. The molecule has 1 saturated carbocycles. The van der Waals surface area contributed by atoms with E-state index in [2.05, 4.69) is 15.5 Å². The Labute approximate surface area is 160 Å². The summed E-state index contributed by atoms with van der Waals surface area (Å²) in [5.41, 5.74) is 7.50. The van der Waals surface area contributed by atoms with E-state index in [1.54, 1.807) is 0 Å². The number of carbonyl (C=O) groups excluding carboxylic acids is 1. The molecule has 0 saturated heterocycles. The third-order valence-corrected chi connectivity index (χ3v) is 4.99. The largest absolute Gasteiger partial charge is 0.340 e. The molecule has 0 spiro atoms. The monoisotopic (exact) mass is 378 g/mol. The Balaban J connectivity index is 0.00000243. The van der Waals surface area contributed by atoms with Gasteiger partial charge in [0.1, 0.15) is 6.04 Å². The molecule has 26 heavy (non-hydrogen) atoms. The Hall–Kier alpha value is -1.92. The quantitative estimate of drug-likeness (QED) is 0.828. The minimum atomic E-state index is -0.497. The third kappa shape index (κ3) is 4.07. The summed E-state index contributed by atoms with van der Waals surface area (Å²) < 4.78 is 5.48. The third-order valence-electron chi connectivity index (χ3n) is 4.99. The van der Waals surface area contributed by atoms with Crippen molar-refractivity contribution in [1.29, 1.82) is 0 Å². The second-order valence-electron chi connectivity index (χ2n) is 7.33. The molecule has 3 rings (SSSR count). The van der Waals surface area contributed by atoms with Gasteiger partial charge >= 0.3 is 0 Å². The number of aryl methyl sites for hydroxylation is 1. The van der Waals surface area contributed by atoms with Crippen molar-refractivity contribution in [1.82, 2.24) is 15.5 Å². The maximum atomic E-state index is 12.7. The number of hydrogen-bond acceptors (Lipinski definition) is 5. The number of nitrogens with one attached hydrogen (secondary N) is 1. The maximum Gasteiger partial charge on any atom is 0.252 e. The fourth-order valence-corrected chi connectivity index (χ4v) is 3.35. The first-order valence-corrected chi connectivity index (χ1v) is 8.90. The smallest absolute Gasteiger partial charge is 0.252 e. The Morgan fingerprint density at radius 1 is 1.27 bits per heavy atom. The zero-order valence-electron chi connectivity index (χ0n) is 15.5. The number of nitrogens with two attached hydrogens (primary N) is 1. The molecule has 2 aromatic rings. The number of carbonyl (C=O) groups is 1. The summed E-state index contributed by atoms with van der Waals surface area (Å²) >= 11 is 0. The van der Waals surface area contributed by atoms with Crippen LogP contribution in [0, 0.1) is 12.8 Å². The molecular formula is C19H27ClN4O2. The summed E-state index contributed by atoms with van der Waals surface area (Å²) in [7, 11) is 0. The van der Waals surface area contributed by atoms with E-state index in [-0.39, 0.29) is 30.3 Å². The zero-order valence-corrected chi connectivity index (χ0v) is 16.3. The van der Waals surface area contributed by atoms with Crippen LogP contribution in [0.2, 0.25) is 0 Å². The van der Waals surface area contributed by atoms with Crippen LogP contribution in [0.5, 0.6) is 0 Å². The van der Waals surface area contributed by atoms with Gasteiger partial charge in [-0.1, -0.05) is 50.0 Å². The average molecular weight is 379 g/mol. The lowest BCUT2D eigenvalue weighted by Crippen LogP contribution is -2.35. The zero-order chi connectivity index (χ0) is 18.0. The SMILES string of the molecule is Cc1ccccc1C(=O)NC(c1nc(C2(N)CCCC2)no1)C(C)C.Cl. The highest BCUT2D eigenvalue weighted by Crippen LogP contribution is 2.35. The molecule has 1 aliphatic carbocycles. The Morgan fingerprint density at radius 3 is 2.54 bits per heavy atom. The van der Waals surface area contributed by atoms with Gasteiger partial charge < -0.3 is 15.6 Å². The van der Waals surface area contributed by atoms with Crippen LogP contribution in [-0.4, -0.2) is 16.0 Å². The van der Waals surface area contributed by atoms with Crippen molar-refractivity contribution in [2.75, 3.05) is 0 Å². The molecule has 0 radical (unpaired) electrons. The first-order chi connectivity index (χ1) is 11.9. The summed E-state index contributed by atoms with van der Waals surface area (Å²) in [5, 5.41) is 7.14. The highest BCUT2D eigenvalue weighted by atomic mass is 35.5. The van der Waals surface area contributed by atoms with Crippen LogP contribution in [0.4, 0.5) is 0 Å². The van der Waals surface area contributed by atoms with Crippen molar-refractivity contribution in [2.24, 2.45) is 11.7 Å². The van der Waals surface area contributed by atoms with Gasteiger partial charge in [0.2, 0.25) is 5.89 Å². The van der Waals surface area contributed by atoms with Gasteiger partial charge in [-0.2, -0.15) is 4.98 Å². The van der Waals surface area contributed by atoms with Crippen molar-refractivity contribution < 1.29 is 9.32 Å². The van der Waals surface area contributed by atoms with Crippen LogP contribution < -0.4 is 11.1 Å². The molecular weight excluding hydrogens is 352 g/mol. The normalized spacial score (nSPS) is 17.0. The molecule has 0 aliphatic heterocycles. The predicted octanol–water partition coefficient (Wildman–Crippen LogP) is 3.65. The Kier molecular flexibility index (Phi) is 6.42. The van der Waals surface area contributed by atoms with Gasteiger partial charge in [-0.15, -0.1) is 12.4 Å². The van der Waals surface area contributed by atoms with Gasteiger partial charge in [-0.25, -0.2) is 0 Å². The lowest BCUT2D eigenvalue weighted by Gasteiger charge is -2.20. The topological polar surface area (TPSA) is 94.0 Å². The molecule has 1 aliphatic rings. The summed E-state index contributed by atoms with van der Waals surface area (Å²) in [6, 6.07) is 7.16. The number of rotatable bonds is 5. The molecule has 6 nitrogen and oxygen atoms in total. The standard InChI is InChI=1S/C19H26N4O2.ClH/c1-12(2)15(21-16(24)14-9-5-4-8-13(14)3)17-22-18(23-25-17)19(20)10-6-7-11-19;/h4-5,8-9,12,15H,6-7,10-11,20H2,1-3H3,(H,21,24);1H. The van der Waals surface area contributed by atoms with Crippen molar-refractivity contribution >= 4 is 18.3 Å². The fraction of sp³-hybridized carbons (Fsp3) is 0.526. The second-order valence-corrected chi connectivity index (χ2v) is 7.33. The highest BCUT2D eigenvalue weighted by Gasteiger charge is 2.37. The van der Waals surface area contributed by atoms with Crippen LogP contribution in [0.3, 0.4) is 0 Å². The molecule has 7 heteroatoms. The fourth-order valence-electron chi connectivity index (χ4n) is 3.35. The van der Waals surface area contributed by atoms with E-state index in [1.807, 2.05) is 45.0 Å². The number of hydrogen-bond donors (Lipinski definition) is 2. The number of aromatic nitrogens is 2. The molecule has 0 bridgehead atoms. The van der Waals surface area contributed by atoms with Gasteiger partial charge in [0.25, 0.3) is 5.91 Å². The first-order valence-electron chi connectivity index (χ1n) is 8.90. The molecule has 1 heterocycles. The van der Waals surface area contributed by atoms with E-state index in [0.717, 1.165) is 31.2 Å². The van der Waals surface area contributed by atoms with Gasteiger partial charge in [-0.05, 0) is 37.3 Å². The van der Waals surface area contributed by atoms with Gasteiger partial charge in [-0.3, -0.25) is 4.79 Å². The van der Waals surface area contributed by atoms with Crippen molar-refractivity contribution in [3.05, 3.63) is 47.1 Å². The molecule has 1 aromatic heterocycles. The lowest BCUT2D eigenvalue weighted by molar-refractivity contribution is 0.0913. The molecule has 1 fully saturated rings. The summed E-state index contributed by atoms with van der Waals surface area (Å²) in [5.74, 6) is 0.942. The van der Waals surface area contributed by atoms with E-state index < -0.39 is 5.54 Å². The maximum absolute atomic E-state index is 12.7. The number of nitrogens with zero attached hydrogens (tertiary/aromatic N) is 2. The van der Waals surface area contributed by atoms with Gasteiger partial charge in [0, 0.05) is 5.56 Å². The highest BCUT2D eigenvalue weighted by molar-refractivity contribution is 5.95. The second kappa shape index (κ2) is 8.18. The van der Waals surface area contributed by atoms with Crippen LogP contribution in [0.15, 0.2) is 28.8 Å². The molecule has 1 amide bonds. The van der Waals surface area contributed by atoms with Gasteiger partial charge in [0.05, 0.1) is 5.54 Å². The molecule has 1 unspecified atom stereocenters. The molecule has 1 atom stereocenters. The number of amides is 1. The number of halogens is 1. The van der Waals surface area contributed by atoms with Crippen molar-refractivity contribution in [2.45, 2.75) is 58.0 Å². The Bertz CT molecular complexity index is 754. The summed E-state index contributed by atoms with van der Waals surface area (Å²) in [6.07, 6.45) is 3.90. The first kappa shape index (κ1) is 20.4. The van der Waals surface area contributed by atoms with E-state index in [9.17, 15) is 4.79 Å². The minimum absolute atomic E-state index is 0.